The first kappa shape index (κ1) is 10.7. The fourth-order valence-corrected chi connectivity index (χ4v) is 1.51. The summed E-state index contributed by atoms with van der Waals surface area (Å²) in [6.45, 7) is 2.29. The van der Waals surface area contributed by atoms with Gasteiger partial charge in [0, 0.05) is 6.08 Å². The number of hydrogen-bond donors (Lipinski definition) is 0. The summed E-state index contributed by atoms with van der Waals surface area (Å²) in [4.78, 5) is 10.7. The lowest BCUT2D eigenvalue weighted by atomic mass is 10.5. The van der Waals surface area contributed by atoms with Crippen molar-refractivity contribution in [3.05, 3.63) is 12.2 Å². The molecule has 0 atom stereocenters. The molecule has 0 bridgehead atoms. The SMILES string of the molecule is CC=CC(=O)OCCC[SiH2]Cl. The van der Waals surface area contributed by atoms with Gasteiger partial charge in [-0.25, -0.2) is 4.79 Å². The minimum atomic E-state index is -0.379. The molecule has 0 unspecified atom stereocenters. The summed E-state index contributed by atoms with van der Waals surface area (Å²) in [6.07, 6.45) is 3.98. The van der Waals surface area contributed by atoms with Crippen LogP contribution in [-0.4, -0.2) is 21.4 Å². The van der Waals surface area contributed by atoms with Crippen molar-refractivity contribution in [2.75, 3.05) is 6.61 Å². The topological polar surface area (TPSA) is 26.3 Å². The van der Waals surface area contributed by atoms with Gasteiger partial charge in [0.05, 0.1) is 6.61 Å². The van der Waals surface area contributed by atoms with Gasteiger partial charge in [-0.15, -0.1) is 0 Å². The van der Waals surface area contributed by atoms with E-state index in [0.717, 1.165) is 12.5 Å². The van der Waals surface area contributed by atoms with Gasteiger partial charge in [0.2, 0.25) is 0 Å². The maximum Gasteiger partial charge on any atom is 0.330 e. The lowest BCUT2D eigenvalue weighted by molar-refractivity contribution is -0.137. The summed E-state index contributed by atoms with van der Waals surface area (Å²) < 4.78 is 4.82. The van der Waals surface area contributed by atoms with Crippen LogP contribution in [0.4, 0.5) is 0 Å². The Hall–Kier alpha value is -0.283. The van der Waals surface area contributed by atoms with E-state index in [-0.39, 0.29) is 14.8 Å². The van der Waals surface area contributed by atoms with Crippen LogP contribution in [0.15, 0.2) is 12.2 Å². The molecule has 0 aliphatic heterocycles. The highest BCUT2D eigenvalue weighted by Crippen LogP contribution is 1.92. The van der Waals surface area contributed by atoms with E-state index in [0.29, 0.717) is 6.61 Å². The largest absolute Gasteiger partial charge is 0.463 e. The average molecular weight is 193 g/mol. The molecule has 0 radical (unpaired) electrons. The van der Waals surface area contributed by atoms with Crippen LogP contribution < -0.4 is 0 Å². The van der Waals surface area contributed by atoms with Crippen LogP contribution in [0.1, 0.15) is 13.3 Å². The molecule has 0 spiro atoms. The summed E-state index contributed by atoms with van der Waals surface area (Å²) in [5.74, 6) is -0.260. The van der Waals surface area contributed by atoms with Crippen molar-refractivity contribution >= 4 is 25.9 Å². The fraction of sp³-hybridized carbons (Fsp3) is 0.571. The molecule has 0 saturated carbocycles. The Bertz CT molecular complexity index is 136. The molecule has 0 N–H and O–H groups in total. The van der Waals surface area contributed by atoms with Gasteiger partial charge >= 0.3 is 5.97 Å². The number of allylic oxidation sites excluding steroid dienone is 1. The molecular formula is C7H13ClO2Si. The van der Waals surface area contributed by atoms with E-state index in [9.17, 15) is 4.79 Å². The number of halogens is 1. The minimum absolute atomic E-state index is 0.260. The van der Waals surface area contributed by atoms with Crippen molar-refractivity contribution in [2.24, 2.45) is 0 Å². The predicted octanol–water partition coefficient (Wildman–Crippen LogP) is 1.24. The molecular weight excluding hydrogens is 180 g/mol. The van der Waals surface area contributed by atoms with Crippen LogP contribution in [0.2, 0.25) is 6.04 Å². The van der Waals surface area contributed by atoms with Crippen molar-refractivity contribution in [2.45, 2.75) is 19.4 Å². The molecule has 2 nitrogen and oxygen atoms in total. The van der Waals surface area contributed by atoms with Gasteiger partial charge in [-0.2, -0.15) is 11.1 Å². The molecule has 0 heterocycles. The summed E-state index contributed by atoms with van der Waals surface area (Å²) >= 11 is 5.56. The molecule has 0 rings (SSSR count). The van der Waals surface area contributed by atoms with E-state index in [1.807, 2.05) is 0 Å². The van der Waals surface area contributed by atoms with Crippen LogP contribution in [0, 0.1) is 0 Å². The number of ether oxygens (including phenoxy) is 1. The van der Waals surface area contributed by atoms with Gasteiger partial charge in [0.1, 0.15) is 8.83 Å². The summed E-state index contributed by atoms with van der Waals surface area (Å²) in [7, 11) is -0.379. The van der Waals surface area contributed by atoms with Gasteiger partial charge in [-0.05, 0) is 19.4 Å². The zero-order valence-corrected chi connectivity index (χ0v) is 8.85. The van der Waals surface area contributed by atoms with E-state index in [1.165, 1.54) is 6.08 Å². The molecule has 0 amide bonds. The van der Waals surface area contributed by atoms with Gasteiger partial charge in [0.25, 0.3) is 0 Å². The van der Waals surface area contributed by atoms with E-state index < -0.39 is 0 Å². The Balaban J connectivity index is 3.17. The number of carbonyl (C=O) groups is 1. The summed E-state index contributed by atoms with van der Waals surface area (Å²) in [5.41, 5.74) is 0. The number of carbonyl (C=O) groups excluding carboxylic acids is 1. The molecule has 64 valence electrons. The number of hydrogen-bond acceptors (Lipinski definition) is 2. The molecule has 0 aromatic heterocycles. The first-order valence-corrected chi connectivity index (χ1v) is 6.80. The van der Waals surface area contributed by atoms with Gasteiger partial charge in [-0.1, -0.05) is 6.08 Å². The predicted molar refractivity (Wildman–Crippen MR) is 49.6 cm³/mol. The van der Waals surface area contributed by atoms with E-state index in [1.54, 1.807) is 13.0 Å². The van der Waals surface area contributed by atoms with Gasteiger partial charge < -0.3 is 4.74 Å². The molecule has 0 aliphatic carbocycles. The Morgan fingerprint density at radius 2 is 2.45 bits per heavy atom. The molecule has 4 heteroatoms. The molecule has 0 aliphatic rings. The molecule has 11 heavy (non-hydrogen) atoms. The van der Waals surface area contributed by atoms with Crippen LogP contribution in [0.25, 0.3) is 0 Å². The molecule has 0 saturated heterocycles. The highest BCUT2D eigenvalue weighted by Gasteiger charge is 1.94. The zero-order valence-electron chi connectivity index (χ0n) is 6.68. The van der Waals surface area contributed by atoms with E-state index >= 15 is 0 Å². The van der Waals surface area contributed by atoms with Gasteiger partial charge in [-0.3, -0.25) is 0 Å². The number of esters is 1. The average Bonchev–Trinajstić information content (AvgIpc) is 1.99. The quantitative estimate of drug-likeness (QED) is 0.215. The second-order valence-corrected chi connectivity index (χ2v) is 4.28. The monoisotopic (exact) mass is 192 g/mol. The molecule has 0 fully saturated rings. The first-order chi connectivity index (χ1) is 5.31. The second-order valence-electron chi connectivity index (χ2n) is 2.06. The van der Waals surface area contributed by atoms with Crippen LogP contribution >= 0.6 is 11.1 Å². The summed E-state index contributed by atoms with van der Waals surface area (Å²) in [5, 5.41) is 0. The normalized spacial score (nSPS) is 11.5. The van der Waals surface area contributed by atoms with Crippen molar-refractivity contribution < 1.29 is 9.53 Å². The van der Waals surface area contributed by atoms with Crippen molar-refractivity contribution in [3.63, 3.8) is 0 Å². The van der Waals surface area contributed by atoms with E-state index in [2.05, 4.69) is 0 Å². The fourth-order valence-electron chi connectivity index (χ4n) is 0.554. The third kappa shape index (κ3) is 7.62. The smallest absolute Gasteiger partial charge is 0.330 e. The Labute approximate surface area is 74.1 Å². The zero-order chi connectivity index (χ0) is 8.53. The Morgan fingerprint density at radius 3 is 3.00 bits per heavy atom. The first-order valence-electron chi connectivity index (χ1n) is 3.66. The van der Waals surface area contributed by atoms with E-state index in [4.69, 9.17) is 15.8 Å². The van der Waals surface area contributed by atoms with Crippen LogP contribution in [0.3, 0.4) is 0 Å². The lowest BCUT2D eigenvalue weighted by Gasteiger charge is -1.98. The van der Waals surface area contributed by atoms with Crippen molar-refractivity contribution in [3.8, 4) is 0 Å². The maximum absolute atomic E-state index is 10.7. The third-order valence-electron chi connectivity index (χ3n) is 1.08. The van der Waals surface area contributed by atoms with Crippen molar-refractivity contribution in [1.82, 2.24) is 0 Å². The third-order valence-corrected chi connectivity index (χ3v) is 2.64. The van der Waals surface area contributed by atoms with Crippen LogP contribution in [-0.2, 0) is 9.53 Å². The molecule has 0 aromatic carbocycles. The minimum Gasteiger partial charge on any atom is -0.463 e. The van der Waals surface area contributed by atoms with Gasteiger partial charge in [0.15, 0.2) is 0 Å². The Morgan fingerprint density at radius 1 is 1.73 bits per heavy atom. The number of rotatable bonds is 5. The maximum atomic E-state index is 10.7. The standard InChI is InChI=1S/C7H13ClO2Si/c1-2-4-7(9)10-5-3-6-11-8/h2,4H,3,5-6,11H2,1H3. The summed E-state index contributed by atoms with van der Waals surface area (Å²) in [6, 6.07) is 1.03. The lowest BCUT2D eigenvalue weighted by Crippen LogP contribution is -2.02. The Kier molecular flexibility index (Phi) is 7.62. The highest BCUT2D eigenvalue weighted by molar-refractivity contribution is 6.93. The van der Waals surface area contributed by atoms with Crippen LogP contribution in [0.5, 0.6) is 0 Å². The van der Waals surface area contributed by atoms with Crippen molar-refractivity contribution in [1.29, 1.82) is 0 Å². The second kappa shape index (κ2) is 7.82. The molecule has 0 aromatic rings. The highest BCUT2D eigenvalue weighted by atomic mass is 35.6.